The molecular formula is C16H23N3O2. The van der Waals surface area contributed by atoms with Crippen LogP contribution in [0.4, 0.5) is 0 Å². The molecule has 0 radical (unpaired) electrons. The Morgan fingerprint density at radius 1 is 1.19 bits per heavy atom. The maximum absolute atomic E-state index is 6.41. The minimum absolute atomic E-state index is 0.0347. The van der Waals surface area contributed by atoms with Crippen LogP contribution in [-0.2, 0) is 0 Å². The van der Waals surface area contributed by atoms with Gasteiger partial charge in [0.1, 0.15) is 0 Å². The number of benzene rings is 1. The van der Waals surface area contributed by atoms with Gasteiger partial charge in [0.25, 0.3) is 0 Å². The molecule has 2 fully saturated rings. The standard InChI is InChI=1S/C16H23N3O2/c17-14(12-3-4-15-16(8-12)21-11-20-15)10-18-6-7-19-5-1-2-13(19)9-18/h3-4,8,13-14H,1-2,5-7,9-11,17H2. The monoisotopic (exact) mass is 289 g/mol. The summed E-state index contributed by atoms with van der Waals surface area (Å²) in [5.41, 5.74) is 7.54. The molecule has 0 bridgehead atoms. The summed E-state index contributed by atoms with van der Waals surface area (Å²) >= 11 is 0. The van der Waals surface area contributed by atoms with Crippen LogP contribution < -0.4 is 15.2 Å². The van der Waals surface area contributed by atoms with E-state index < -0.39 is 0 Å². The van der Waals surface area contributed by atoms with Crippen molar-refractivity contribution in [2.75, 3.05) is 39.5 Å². The molecule has 1 aromatic carbocycles. The zero-order valence-corrected chi connectivity index (χ0v) is 12.3. The van der Waals surface area contributed by atoms with Crippen molar-refractivity contribution in [3.05, 3.63) is 23.8 Å². The van der Waals surface area contributed by atoms with Crippen molar-refractivity contribution in [2.45, 2.75) is 24.9 Å². The van der Waals surface area contributed by atoms with Gasteiger partial charge in [-0.25, -0.2) is 0 Å². The Kier molecular flexibility index (Phi) is 3.49. The van der Waals surface area contributed by atoms with Crippen LogP contribution >= 0.6 is 0 Å². The first-order valence-electron chi connectivity index (χ1n) is 7.91. The summed E-state index contributed by atoms with van der Waals surface area (Å²) < 4.78 is 10.8. The molecule has 3 heterocycles. The highest BCUT2D eigenvalue weighted by Crippen LogP contribution is 2.34. The first-order chi connectivity index (χ1) is 10.3. The van der Waals surface area contributed by atoms with Gasteiger partial charge >= 0.3 is 0 Å². The van der Waals surface area contributed by atoms with Crippen LogP contribution in [-0.4, -0.2) is 55.4 Å². The number of piperazine rings is 1. The molecule has 2 unspecified atom stereocenters. The molecule has 5 heteroatoms. The van der Waals surface area contributed by atoms with Gasteiger partial charge in [-0.2, -0.15) is 0 Å². The molecule has 21 heavy (non-hydrogen) atoms. The third-order valence-electron chi connectivity index (χ3n) is 4.95. The van der Waals surface area contributed by atoms with Gasteiger partial charge in [0.15, 0.2) is 11.5 Å². The highest BCUT2D eigenvalue weighted by atomic mass is 16.7. The van der Waals surface area contributed by atoms with E-state index in [1.54, 1.807) is 0 Å². The second kappa shape index (κ2) is 5.48. The molecule has 0 aliphatic carbocycles. The molecule has 1 aromatic rings. The van der Waals surface area contributed by atoms with Gasteiger partial charge in [-0.05, 0) is 37.1 Å². The Morgan fingerprint density at radius 3 is 3.05 bits per heavy atom. The van der Waals surface area contributed by atoms with Crippen LogP contribution in [0.5, 0.6) is 11.5 Å². The minimum Gasteiger partial charge on any atom is -0.454 e. The van der Waals surface area contributed by atoms with E-state index in [1.807, 2.05) is 12.1 Å². The zero-order valence-electron chi connectivity index (χ0n) is 12.3. The van der Waals surface area contributed by atoms with E-state index in [0.29, 0.717) is 6.79 Å². The topological polar surface area (TPSA) is 51.0 Å². The number of hydrogen-bond donors (Lipinski definition) is 1. The van der Waals surface area contributed by atoms with Crippen LogP contribution in [0.2, 0.25) is 0 Å². The second-order valence-corrected chi connectivity index (χ2v) is 6.31. The Balaban J connectivity index is 1.40. The molecule has 0 amide bonds. The van der Waals surface area contributed by atoms with E-state index in [-0.39, 0.29) is 6.04 Å². The average molecular weight is 289 g/mol. The Labute approximate surface area is 125 Å². The lowest BCUT2D eigenvalue weighted by Crippen LogP contribution is -2.51. The van der Waals surface area contributed by atoms with Crippen LogP contribution in [0.3, 0.4) is 0 Å². The summed E-state index contributed by atoms with van der Waals surface area (Å²) in [4.78, 5) is 5.14. The number of ether oxygens (including phenoxy) is 2. The Morgan fingerprint density at radius 2 is 2.10 bits per heavy atom. The van der Waals surface area contributed by atoms with Gasteiger partial charge < -0.3 is 15.2 Å². The van der Waals surface area contributed by atoms with Gasteiger partial charge in [-0.1, -0.05) is 6.07 Å². The summed E-state index contributed by atoms with van der Waals surface area (Å²) in [6.45, 7) is 6.01. The summed E-state index contributed by atoms with van der Waals surface area (Å²) in [5.74, 6) is 1.65. The first-order valence-corrected chi connectivity index (χ1v) is 7.91. The fraction of sp³-hybridized carbons (Fsp3) is 0.625. The summed E-state index contributed by atoms with van der Waals surface area (Å²) in [7, 11) is 0. The number of hydrogen-bond acceptors (Lipinski definition) is 5. The predicted octanol–water partition coefficient (Wildman–Crippen LogP) is 1.20. The molecular weight excluding hydrogens is 266 g/mol. The number of nitrogens with two attached hydrogens (primary N) is 1. The Hall–Kier alpha value is -1.30. The Bertz CT molecular complexity index is 522. The van der Waals surface area contributed by atoms with Gasteiger partial charge in [0.2, 0.25) is 6.79 Å². The smallest absolute Gasteiger partial charge is 0.231 e. The normalized spacial score (nSPS) is 26.8. The third kappa shape index (κ3) is 2.61. The van der Waals surface area contributed by atoms with Crippen molar-refractivity contribution in [2.24, 2.45) is 5.73 Å². The van der Waals surface area contributed by atoms with E-state index in [0.717, 1.165) is 42.7 Å². The molecule has 2 N–H and O–H groups in total. The van der Waals surface area contributed by atoms with Crippen molar-refractivity contribution >= 4 is 0 Å². The molecule has 3 aliphatic heterocycles. The molecule has 2 atom stereocenters. The predicted molar refractivity (Wildman–Crippen MR) is 80.5 cm³/mol. The average Bonchev–Trinajstić information content (AvgIpc) is 3.14. The van der Waals surface area contributed by atoms with Crippen molar-refractivity contribution in [1.82, 2.24) is 9.80 Å². The lowest BCUT2D eigenvalue weighted by molar-refractivity contribution is 0.0998. The lowest BCUT2D eigenvalue weighted by atomic mass is 10.1. The van der Waals surface area contributed by atoms with Crippen molar-refractivity contribution in [3.63, 3.8) is 0 Å². The van der Waals surface area contributed by atoms with Crippen LogP contribution in [0.1, 0.15) is 24.4 Å². The maximum Gasteiger partial charge on any atom is 0.231 e. The highest BCUT2D eigenvalue weighted by molar-refractivity contribution is 5.45. The lowest BCUT2D eigenvalue weighted by Gasteiger charge is -2.38. The van der Waals surface area contributed by atoms with Gasteiger partial charge in [0.05, 0.1) is 0 Å². The van der Waals surface area contributed by atoms with Crippen molar-refractivity contribution in [3.8, 4) is 11.5 Å². The molecule has 0 spiro atoms. The van der Waals surface area contributed by atoms with E-state index in [9.17, 15) is 0 Å². The fourth-order valence-corrected chi connectivity index (χ4v) is 3.75. The highest BCUT2D eigenvalue weighted by Gasteiger charge is 2.31. The summed E-state index contributed by atoms with van der Waals surface area (Å²) in [6, 6.07) is 6.84. The fourth-order valence-electron chi connectivity index (χ4n) is 3.75. The largest absolute Gasteiger partial charge is 0.454 e. The van der Waals surface area contributed by atoms with E-state index >= 15 is 0 Å². The second-order valence-electron chi connectivity index (χ2n) is 6.31. The third-order valence-corrected chi connectivity index (χ3v) is 4.95. The molecule has 0 aromatic heterocycles. The van der Waals surface area contributed by atoms with E-state index in [2.05, 4.69) is 15.9 Å². The summed E-state index contributed by atoms with van der Waals surface area (Å²) in [6.07, 6.45) is 2.70. The zero-order chi connectivity index (χ0) is 14.2. The van der Waals surface area contributed by atoms with E-state index in [4.69, 9.17) is 15.2 Å². The number of nitrogens with zero attached hydrogens (tertiary/aromatic N) is 2. The SMILES string of the molecule is NC(CN1CCN2CCCC2C1)c1ccc2c(c1)OCO2. The first kappa shape index (κ1) is 13.4. The molecule has 5 nitrogen and oxygen atoms in total. The van der Waals surface area contributed by atoms with Crippen LogP contribution in [0, 0.1) is 0 Å². The number of fused-ring (bicyclic) bond motifs is 2. The summed E-state index contributed by atoms with van der Waals surface area (Å²) in [5, 5.41) is 0. The molecule has 4 rings (SSSR count). The van der Waals surface area contributed by atoms with Gasteiger partial charge in [0, 0.05) is 38.3 Å². The van der Waals surface area contributed by atoms with Gasteiger partial charge in [-0.3, -0.25) is 9.80 Å². The minimum atomic E-state index is 0.0347. The maximum atomic E-state index is 6.41. The van der Waals surface area contributed by atoms with Crippen molar-refractivity contribution in [1.29, 1.82) is 0 Å². The quantitative estimate of drug-likeness (QED) is 0.906. The molecule has 0 saturated carbocycles. The molecule has 2 saturated heterocycles. The van der Waals surface area contributed by atoms with Crippen LogP contribution in [0.25, 0.3) is 0 Å². The van der Waals surface area contributed by atoms with Crippen molar-refractivity contribution < 1.29 is 9.47 Å². The number of rotatable bonds is 3. The van der Waals surface area contributed by atoms with Crippen LogP contribution in [0.15, 0.2) is 18.2 Å². The molecule has 3 aliphatic rings. The van der Waals surface area contributed by atoms with E-state index in [1.165, 1.54) is 25.9 Å². The van der Waals surface area contributed by atoms with Gasteiger partial charge in [-0.15, -0.1) is 0 Å². The molecule has 114 valence electrons.